The molecule has 0 aromatic heterocycles. The van der Waals surface area contributed by atoms with E-state index in [4.69, 9.17) is 5.11 Å². The summed E-state index contributed by atoms with van der Waals surface area (Å²) in [5.41, 5.74) is -1.89. The van der Waals surface area contributed by atoms with Crippen molar-refractivity contribution in [1.82, 2.24) is 4.90 Å². The van der Waals surface area contributed by atoms with E-state index in [1.54, 1.807) is 6.92 Å². The number of nitrogens with zero attached hydrogens (tertiary/aromatic N) is 1. The van der Waals surface area contributed by atoms with Crippen molar-refractivity contribution in [3.05, 3.63) is 35.1 Å². The van der Waals surface area contributed by atoms with Gasteiger partial charge in [0.2, 0.25) is 5.67 Å². The molecule has 1 aliphatic rings. The lowest BCUT2D eigenvalue weighted by Gasteiger charge is -2.18. The molecule has 1 aromatic rings. The van der Waals surface area contributed by atoms with Crippen LogP contribution in [0.15, 0.2) is 18.2 Å². The van der Waals surface area contributed by atoms with Crippen LogP contribution in [0.2, 0.25) is 0 Å². The minimum atomic E-state index is -2.43. The fourth-order valence-electron chi connectivity index (χ4n) is 2.09. The smallest absolute Gasteiger partial charge is 0.343 e. The molecule has 1 heterocycles. The first-order valence-electron chi connectivity index (χ1n) is 5.81. The van der Waals surface area contributed by atoms with Crippen molar-refractivity contribution >= 4 is 11.9 Å². The summed E-state index contributed by atoms with van der Waals surface area (Å²) in [4.78, 5) is 23.9. The number of alkyl halides is 1. The van der Waals surface area contributed by atoms with Crippen LogP contribution in [-0.2, 0) is 4.79 Å². The standard InChI is InChI=1S/C13H13F2NO3/c1-8-2-3-10(14)9(6-8)11(17)16-5-4-13(15,7-16)12(18)19/h2-3,6H,4-5,7H2,1H3,(H,18,19). The number of benzene rings is 1. The van der Waals surface area contributed by atoms with Crippen LogP contribution in [0.3, 0.4) is 0 Å². The number of amides is 1. The van der Waals surface area contributed by atoms with Crippen molar-refractivity contribution in [2.24, 2.45) is 0 Å². The highest BCUT2D eigenvalue weighted by molar-refractivity contribution is 5.95. The van der Waals surface area contributed by atoms with Crippen molar-refractivity contribution < 1.29 is 23.5 Å². The molecule has 1 unspecified atom stereocenters. The zero-order valence-electron chi connectivity index (χ0n) is 10.3. The highest BCUT2D eigenvalue weighted by Crippen LogP contribution is 2.27. The van der Waals surface area contributed by atoms with Gasteiger partial charge in [-0.15, -0.1) is 0 Å². The molecule has 1 aromatic carbocycles. The molecule has 19 heavy (non-hydrogen) atoms. The fourth-order valence-corrected chi connectivity index (χ4v) is 2.09. The molecule has 1 fully saturated rings. The SMILES string of the molecule is Cc1ccc(F)c(C(=O)N2CCC(F)(C(=O)O)C2)c1. The molecule has 0 saturated carbocycles. The Balaban J connectivity index is 2.22. The molecule has 1 amide bonds. The normalized spacial score (nSPS) is 22.6. The summed E-state index contributed by atoms with van der Waals surface area (Å²) in [6, 6.07) is 4.06. The molecule has 0 aliphatic carbocycles. The number of aliphatic carboxylic acids is 1. The second kappa shape index (κ2) is 4.60. The number of carbonyl (C=O) groups is 2. The molecule has 1 N–H and O–H groups in total. The molecule has 0 spiro atoms. The van der Waals surface area contributed by atoms with Gasteiger partial charge in [0.15, 0.2) is 0 Å². The van der Waals surface area contributed by atoms with Gasteiger partial charge in [0.1, 0.15) is 5.82 Å². The first-order valence-corrected chi connectivity index (χ1v) is 5.81. The highest BCUT2D eigenvalue weighted by Gasteiger charge is 2.47. The lowest BCUT2D eigenvalue weighted by molar-refractivity contribution is -0.149. The van der Waals surface area contributed by atoms with Crippen LogP contribution in [0, 0.1) is 12.7 Å². The molecule has 102 valence electrons. The van der Waals surface area contributed by atoms with Gasteiger partial charge in [0, 0.05) is 13.0 Å². The van der Waals surface area contributed by atoms with E-state index >= 15 is 0 Å². The zero-order chi connectivity index (χ0) is 14.2. The summed E-state index contributed by atoms with van der Waals surface area (Å²) in [5.74, 6) is -2.96. The molecule has 2 rings (SSSR count). The number of aryl methyl sites for hydroxylation is 1. The van der Waals surface area contributed by atoms with E-state index in [0.717, 1.165) is 4.90 Å². The molecular formula is C13H13F2NO3. The predicted molar refractivity (Wildman–Crippen MR) is 63.1 cm³/mol. The largest absolute Gasteiger partial charge is 0.479 e. The van der Waals surface area contributed by atoms with Crippen LogP contribution < -0.4 is 0 Å². The summed E-state index contributed by atoms with van der Waals surface area (Å²) in [5, 5.41) is 8.75. The number of rotatable bonds is 2. The maximum atomic E-state index is 13.9. The van der Waals surface area contributed by atoms with E-state index < -0.39 is 29.9 Å². The van der Waals surface area contributed by atoms with Crippen LogP contribution in [0.5, 0.6) is 0 Å². The van der Waals surface area contributed by atoms with E-state index in [-0.39, 0.29) is 18.5 Å². The van der Waals surface area contributed by atoms with Crippen molar-refractivity contribution in [1.29, 1.82) is 0 Å². The van der Waals surface area contributed by atoms with Crippen LogP contribution in [0.4, 0.5) is 8.78 Å². The van der Waals surface area contributed by atoms with Gasteiger partial charge >= 0.3 is 5.97 Å². The Kier molecular flexibility index (Phi) is 3.26. The van der Waals surface area contributed by atoms with Gasteiger partial charge in [-0.2, -0.15) is 0 Å². The number of carboxylic acids is 1. The van der Waals surface area contributed by atoms with Crippen LogP contribution in [0.1, 0.15) is 22.3 Å². The summed E-state index contributed by atoms with van der Waals surface area (Å²) in [6.07, 6.45) is -0.276. The van der Waals surface area contributed by atoms with Gasteiger partial charge in [0.05, 0.1) is 12.1 Å². The Morgan fingerprint density at radius 3 is 2.68 bits per heavy atom. The summed E-state index contributed by atoms with van der Waals surface area (Å²) < 4.78 is 27.4. The van der Waals surface area contributed by atoms with E-state index in [1.165, 1.54) is 18.2 Å². The summed E-state index contributed by atoms with van der Waals surface area (Å²) in [7, 11) is 0. The first-order chi connectivity index (χ1) is 8.83. The third kappa shape index (κ3) is 2.43. The Hall–Kier alpha value is -1.98. The third-order valence-corrected chi connectivity index (χ3v) is 3.24. The lowest BCUT2D eigenvalue weighted by atomic mass is 10.1. The average Bonchev–Trinajstić information content (AvgIpc) is 2.76. The maximum Gasteiger partial charge on any atom is 0.343 e. The molecule has 0 bridgehead atoms. The first kappa shape index (κ1) is 13.5. The van der Waals surface area contributed by atoms with E-state index in [0.29, 0.717) is 5.56 Å². The molecule has 0 radical (unpaired) electrons. The number of halogens is 2. The van der Waals surface area contributed by atoms with Crippen LogP contribution in [0.25, 0.3) is 0 Å². The topological polar surface area (TPSA) is 57.6 Å². The number of carbonyl (C=O) groups excluding carboxylic acids is 1. The van der Waals surface area contributed by atoms with Crippen LogP contribution >= 0.6 is 0 Å². The number of carboxylic acid groups (broad SMARTS) is 1. The van der Waals surface area contributed by atoms with Crippen molar-refractivity contribution in [2.45, 2.75) is 19.0 Å². The monoisotopic (exact) mass is 269 g/mol. The van der Waals surface area contributed by atoms with E-state index in [1.807, 2.05) is 0 Å². The quantitative estimate of drug-likeness (QED) is 0.890. The summed E-state index contributed by atoms with van der Waals surface area (Å²) >= 11 is 0. The van der Waals surface area contributed by atoms with Crippen LogP contribution in [-0.4, -0.2) is 40.6 Å². The Morgan fingerprint density at radius 1 is 1.42 bits per heavy atom. The molecule has 4 nitrogen and oxygen atoms in total. The molecule has 1 saturated heterocycles. The molecule has 6 heteroatoms. The van der Waals surface area contributed by atoms with Gasteiger partial charge in [-0.25, -0.2) is 13.6 Å². The van der Waals surface area contributed by atoms with Gasteiger partial charge in [-0.3, -0.25) is 4.79 Å². The molecule has 1 aliphatic heterocycles. The van der Waals surface area contributed by atoms with E-state index in [2.05, 4.69) is 0 Å². The minimum Gasteiger partial charge on any atom is -0.479 e. The fraction of sp³-hybridized carbons (Fsp3) is 0.385. The number of hydrogen-bond acceptors (Lipinski definition) is 2. The number of likely N-dealkylation sites (tertiary alicyclic amines) is 1. The summed E-state index contributed by atoms with van der Waals surface area (Å²) in [6.45, 7) is 1.13. The van der Waals surface area contributed by atoms with Gasteiger partial charge in [0.25, 0.3) is 5.91 Å². The third-order valence-electron chi connectivity index (χ3n) is 3.24. The van der Waals surface area contributed by atoms with Gasteiger partial charge in [-0.1, -0.05) is 11.6 Å². The maximum absolute atomic E-state index is 13.9. The second-order valence-electron chi connectivity index (χ2n) is 4.73. The zero-order valence-corrected chi connectivity index (χ0v) is 10.3. The Bertz CT molecular complexity index is 547. The Labute approximate surface area is 108 Å². The lowest BCUT2D eigenvalue weighted by Crippen LogP contribution is -2.39. The average molecular weight is 269 g/mol. The molecule has 1 atom stereocenters. The second-order valence-corrected chi connectivity index (χ2v) is 4.73. The van der Waals surface area contributed by atoms with Crippen molar-refractivity contribution in [2.75, 3.05) is 13.1 Å². The molecular weight excluding hydrogens is 256 g/mol. The highest BCUT2D eigenvalue weighted by atomic mass is 19.1. The minimum absolute atomic E-state index is 0.0327. The predicted octanol–water partition coefficient (Wildman–Crippen LogP) is 1.77. The van der Waals surface area contributed by atoms with Gasteiger partial charge in [-0.05, 0) is 19.1 Å². The van der Waals surface area contributed by atoms with Crippen molar-refractivity contribution in [3.8, 4) is 0 Å². The van der Waals surface area contributed by atoms with Crippen molar-refractivity contribution in [3.63, 3.8) is 0 Å². The van der Waals surface area contributed by atoms with Gasteiger partial charge < -0.3 is 10.0 Å². The van der Waals surface area contributed by atoms with E-state index in [9.17, 15) is 18.4 Å². The number of hydrogen-bond donors (Lipinski definition) is 1. The Morgan fingerprint density at radius 2 is 2.11 bits per heavy atom.